The lowest BCUT2D eigenvalue weighted by molar-refractivity contribution is 0.211. The number of rotatable bonds is 11. The fourth-order valence-electron chi connectivity index (χ4n) is 4.46. The molecule has 0 saturated carbocycles. The standard InChI is InChI=1S/C26H43N3.C2H6/c1-21(2)10-7-6-8-16-28-26(27-5)11-9-17-29-18-14-24(15-19-29)25-13-12-22(3)20-23(25)4;1-2/h12-13,20,24H,1,6-11,14-19H2,2-5H3,(H,27,28);1-2H3. The number of hydrogen-bond donors (Lipinski definition) is 1. The topological polar surface area (TPSA) is 27.6 Å². The van der Waals surface area contributed by atoms with Crippen LogP contribution >= 0.6 is 0 Å². The molecule has 0 aliphatic carbocycles. The van der Waals surface area contributed by atoms with E-state index in [2.05, 4.69) is 60.8 Å². The molecule has 0 unspecified atom stereocenters. The van der Waals surface area contributed by atoms with Gasteiger partial charge in [0.25, 0.3) is 0 Å². The maximum Gasteiger partial charge on any atom is 0.0960 e. The second-order valence-electron chi connectivity index (χ2n) is 8.94. The van der Waals surface area contributed by atoms with Crippen LogP contribution in [0.4, 0.5) is 0 Å². The number of aryl methyl sites for hydroxylation is 2. The quantitative estimate of drug-likeness (QED) is 0.177. The van der Waals surface area contributed by atoms with Crippen LogP contribution in [0.5, 0.6) is 0 Å². The zero-order valence-corrected chi connectivity index (χ0v) is 21.4. The molecule has 0 amide bonds. The Morgan fingerprint density at radius 3 is 2.39 bits per heavy atom. The van der Waals surface area contributed by atoms with Gasteiger partial charge in [0, 0.05) is 20.0 Å². The molecule has 0 spiro atoms. The van der Waals surface area contributed by atoms with Crippen LogP contribution in [0.1, 0.15) is 94.7 Å². The lowest BCUT2D eigenvalue weighted by Crippen LogP contribution is -2.34. The van der Waals surface area contributed by atoms with Crippen molar-refractivity contribution in [2.45, 2.75) is 91.9 Å². The average Bonchev–Trinajstić information content (AvgIpc) is 2.76. The minimum atomic E-state index is 0.742. The van der Waals surface area contributed by atoms with Crippen molar-refractivity contribution in [3.8, 4) is 0 Å². The van der Waals surface area contributed by atoms with Crippen LogP contribution < -0.4 is 5.32 Å². The molecule has 1 N–H and O–H groups in total. The van der Waals surface area contributed by atoms with E-state index in [1.165, 1.54) is 80.7 Å². The fraction of sp³-hybridized carbons (Fsp3) is 0.679. The number of unbranched alkanes of at least 4 members (excludes halogenated alkanes) is 2. The zero-order chi connectivity index (χ0) is 23.1. The molecule has 1 heterocycles. The molecule has 1 fully saturated rings. The maximum absolute atomic E-state index is 4.46. The van der Waals surface area contributed by atoms with E-state index < -0.39 is 0 Å². The van der Waals surface area contributed by atoms with Crippen molar-refractivity contribution in [3.05, 3.63) is 47.0 Å². The predicted molar refractivity (Wildman–Crippen MR) is 140 cm³/mol. The van der Waals surface area contributed by atoms with Gasteiger partial charge in [-0.15, -0.1) is 6.58 Å². The number of benzene rings is 1. The molecule has 3 nitrogen and oxygen atoms in total. The molecule has 1 aromatic carbocycles. The number of nitrogens with zero attached hydrogens (tertiary/aromatic N) is 2. The van der Waals surface area contributed by atoms with Crippen LogP contribution in [0.25, 0.3) is 0 Å². The van der Waals surface area contributed by atoms with E-state index in [9.17, 15) is 0 Å². The minimum absolute atomic E-state index is 0.742. The van der Waals surface area contributed by atoms with Gasteiger partial charge in [0.15, 0.2) is 0 Å². The molecule has 31 heavy (non-hydrogen) atoms. The van der Waals surface area contributed by atoms with E-state index in [4.69, 9.17) is 0 Å². The summed E-state index contributed by atoms with van der Waals surface area (Å²) in [6.07, 6.45) is 9.76. The number of likely N-dealkylation sites (tertiary alicyclic amines) is 1. The Bertz CT molecular complexity index is 654. The SMILES string of the molecule is C=C(C)CCCCCNC(CCCN1CCC(c2ccc(C)cc2C)CC1)=NC.CC. The van der Waals surface area contributed by atoms with Gasteiger partial charge in [-0.2, -0.15) is 0 Å². The van der Waals surface area contributed by atoms with E-state index >= 15 is 0 Å². The highest BCUT2D eigenvalue weighted by Crippen LogP contribution is 2.30. The molecule has 0 radical (unpaired) electrons. The molecule has 176 valence electrons. The Labute approximate surface area is 193 Å². The minimum Gasteiger partial charge on any atom is -0.374 e. The molecular weight excluding hydrogens is 378 g/mol. The lowest BCUT2D eigenvalue weighted by atomic mass is 9.86. The van der Waals surface area contributed by atoms with Gasteiger partial charge in [-0.1, -0.05) is 49.6 Å². The Balaban J connectivity index is 0.00000233. The number of nitrogens with one attached hydrogen (secondary N) is 1. The van der Waals surface area contributed by atoms with Crippen molar-refractivity contribution in [1.82, 2.24) is 10.2 Å². The summed E-state index contributed by atoms with van der Waals surface area (Å²) in [5.41, 5.74) is 5.71. The third-order valence-electron chi connectivity index (χ3n) is 6.22. The van der Waals surface area contributed by atoms with E-state index in [1.54, 1.807) is 5.56 Å². The summed E-state index contributed by atoms with van der Waals surface area (Å²) in [4.78, 5) is 7.10. The Morgan fingerprint density at radius 1 is 1.06 bits per heavy atom. The van der Waals surface area contributed by atoms with Crippen molar-refractivity contribution >= 4 is 5.84 Å². The third-order valence-corrected chi connectivity index (χ3v) is 6.22. The van der Waals surface area contributed by atoms with Crippen LogP contribution in [0, 0.1) is 13.8 Å². The third kappa shape index (κ3) is 11.0. The summed E-state index contributed by atoms with van der Waals surface area (Å²) in [6.45, 7) is 19.2. The fourth-order valence-corrected chi connectivity index (χ4v) is 4.46. The Hall–Kier alpha value is -1.61. The van der Waals surface area contributed by atoms with E-state index in [-0.39, 0.29) is 0 Å². The summed E-state index contributed by atoms with van der Waals surface area (Å²) in [5.74, 6) is 1.92. The van der Waals surface area contributed by atoms with Crippen LogP contribution in [0.15, 0.2) is 35.3 Å². The number of aliphatic imine (C=N–C) groups is 1. The second kappa shape index (κ2) is 16.1. The van der Waals surface area contributed by atoms with Crippen LogP contribution in [0.3, 0.4) is 0 Å². The summed E-state index contributed by atoms with van der Waals surface area (Å²) in [7, 11) is 1.92. The number of amidine groups is 1. The summed E-state index contributed by atoms with van der Waals surface area (Å²) >= 11 is 0. The van der Waals surface area contributed by atoms with Crippen molar-refractivity contribution in [3.63, 3.8) is 0 Å². The number of piperidine rings is 1. The van der Waals surface area contributed by atoms with Crippen molar-refractivity contribution in [1.29, 1.82) is 0 Å². The van der Waals surface area contributed by atoms with Gasteiger partial charge in [0.05, 0.1) is 5.84 Å². The molecule has 0 aromatic heterocycles. The average molecular weight is 428 g/mol. The summed E-state index contributed by atoms with van der Waals surface area (Å²) in [5, 5.41) is 3.54. The number of allylic oxidation sites excluding steroid dienone is 1. The first kappa shape index (κ1) is 27.4. The van der Waals surface area contributed by atoms with Gasteiger partial charge >= 0.3 is 0 Å². The molecule has 1 aromatic rings. The van der Waals surface area contributed by atoms with Gasteiger partial charge < -0.3 is 10.2 Å². The molecule has 2 rings (SSSR count). The first-order valence-corrected chi connectivity index (χ1v) is 12.6. The van der Waals surface area contributed by atoms with Crippen molar-refractivity contribution in [2.24, 2.45) is 4.99 Å². The first-order valence-electron chi connectivity index (χ1n) is 12.6. The van der Waals surface area contributed by atoms with Crippen LogP contribution in [-0.4, -0.2) is 44.0 Å². The Kier molecular flexibility index (Phi) is 14.2. The first-order chi connectivity index (χ1) is 15.0. The van der Waals surface area contributed by atoms with E-state index in [0.29, 0.717) is 0 Å². The summed E-state index contributed by atoms with van der Waals surface area (Å²) in [6, 6.07) is 6.97. The van der Waals surface area contributed by atoms with Gasteiger partial charge in [-0.25, -0.2) is 0 Å². The van der Waals surface area contributed by atoms with E-state index in [0.717, 1.165) is 25.3 Å². The van der Waals surface area contributed by atoms with Gasteiger partial charge in [-0.3, -0.25) is 4.99 Å². The molecule has 1 saturated heterocycles. The molecular formula is C28H49N3. The smallest absolute Gasteiger partial charge is 0.0960 e. The van der Waals surface area contributed by atoms with Gasteiger partial charge in [0.2, 0.25) is 0 Å². The molecule has 1 aliphatic heterocycles. The maximum atomic E-state index is 4.46. The lowest BCUT2D eigenvalue weighted by Gasteiger charge is -2.33. The monoisotopic (exact) mass is 427 g/mol. The largest absolute Gasteiger partial charge is 0.374 e. The molecule has 0 atom stereocenters. The Morgan fingerprint density at radius 2 is 1.77 bits per heavy atom. The van der Waals surface area contributed by atoms with Gasteiger partial charge in [0.1, 0.15) is 0 Å². The number of hydrogen-bond acceptors (Lipinski definition) is 2. The van der Waals surface area contributed by atoms with Crippen molar-refractivity contribution < 1.29 is 0 Å². The molecule has 3 heteroatoms. The zero-order valence-electron chi connectivity index (χ0n) is 21.4. The van der Waals surface area contributed by atoms with Crippen molar-refractivity contribution in [2.75, 3.05) is 33.2 Å². The van der Waals surface area contributed by atoms with E-state index in [1.807, 2.05) is 20.9 Å². The highest BCUT2D eigenvalue weighted by atomic mass is 15.1. The molecule has 0 bridgehead atoms. The normalized spacial score (nSPS) is 15.4. The van der Waals surface area contributed by atoms with Crippen LogP contribution in [0.2, 0.25) is 0 Å². The summed E-state index contributed by atoms with van der Waals surface area (Å²) < 4.78 is 0. The highest BCUT2D eigenvalue weighted by molar-refractivity contribution is 5.81. The predicted octanol–water partition coefficient (Wildman–Crippen LogP) is 7.04. The van der Waals surface area contributed by atoms with Crippen LogP contribution in [-0.2, 0) is 0 Å². The highest BCUT2D eigenvalue weighted by Gasteiger charge is 2.21. The second-order valence-corrected chi connectivity index (χ2v) is 8.94. The van der Waals surface area contributed by atoms with Gasteiger partial charge in [-0.05, 0) is 96.0 Å². The molecule has 1 aliphatic rings.